The van der Waals surface area contributed by atoms with Crippen molar-refractivity contribution >= 4 is 17.9 Å². The number of methoxy groups -OCH3 is 1. The molecule has 3 aromatic rings. The number of rotatable bonds is 9. The van der Waals surface area contributed by atoms with Gasteiger partial charge in [-0.25, -0.2) is 14.2 Å². The second kappa shape index (κ2) is 12.6. The molecule has 1 aliphatic heterocycles. The van der Waals surface area contributed by atoms with Gasteiger partial charge < -0.3 is 20.3 Å². The number of amides is 3. The van der Waals surface area contributed by atoms with Crippen molar-refractivity contribution < 1.29 is 27.9 Å². The van der Waals surface area contributed by atoms with Crippen LogP contribution in [0.25, 0.3) is 0 Å². The van der Waals surface area contributed by atoms with E-state index in [0.717, 1.165) is 0 Å². The summed E-state index contributed by atoms with van der Waals surface area (Å²) in [6.45, 7) is 3.60. The van der Waals surface area contributed by atoms with Gasteiger partial charge in [-0.2, -0.15) is 19.8 Å². The third-order valence-corrected chi connectivity index (χ3v) is 6.68. The molecule has 3 heterocycles. The number of alkyl halides is 1. The number of hydrogen-bond acceptors (Lipinski definition) is 7. The Morgan fingerprint density at radius 3 is 2.70 bits per heavy atom. The van der Waals surface area contributed by atoms with Crippen molar-refractivity contribution in [3.05, 3.63) is 76.6 Å². The molecule has 0 saturated carbocycles. The first-order valence-electron chi connectivity index (χ1n) is 12.8. The second-order valence-electron chi connectivity index (χ2n) is 9.84. The standard InChI is InChI=1S/C27H31F2N7O4/c1-15(2)20-7-8-21(32-25(20)29)24(17-6-4-5-16(9-17)12-30-27(39)40-3)33-26(38)22-10-18(28)14-36(22)23(37)11-19-13-31-35-34-19/h4-9,13,15,18,22,24H,10-12,14H2,1-3H3,(H,30,39)(H,33,38)(H,31,34,35)/t18-,22+,24+/m1/s1. The zero-order chi connectivity index (χ0) is 28.8. The Morgan fingerprint density at radius 2 is 2.02 bits per heavy atom. The van der Waals surface area contributed by atoms with Crippen LogP contribution in [-0.4, -0.2) is 69.1 Å². The largest absolute Gasteiger partial charge is 0.453 e. The summed E-state index contributed by atoms with van der Waals surface area (Å²) in [5, 5.41) is 15.4. The highest BCUT2D eigenvalue weighted by Crippen LogP contribution is 2.27. The summed E-state index contributed by atoms with van der Waals surface area (Å²) in [4.78, 5) is 43.4. The van der Waals surface area contributed by atoms with Gasteiger partial charge in [-0.3, -0.25) is 9.59 Å². The highest BCUT2D eigenvalue weighted by Gasteiger charge is 2.40. The summed E-state index contributed by atoms with van der Waals surface area (Å²) in [7, 11) is 1.25. The summed E-state index contributed by atoms with van der Waals surface area (Å²) in [5.74, 6) is -1.84. The van der Waals surface area contributed by atoms with Crippen molar-refractivity contribution in [2.75, 3.05) is 13.7 Å². The molecule has 3 amide bonds. The lowest BCUT2D eigenvalue weighted by atomic mass is 9.98. The van der Waals surface area contributed by atoms with Crippen LogP contribution >= 0.6 is 0 Å². The van der Waals surface area contributed by atoms with E-state index in [1.54, 1.807) is 36.4 Å². The summed E-state index contributed by atoms with van der Waals surface area (Å²) >= 11 is 0. The fourth-order valence-corrected chi connectivity index (χ4v) is 4.62. The second-order valence-corrected chi connectivity index (χ2v) is 9.84. The molecule has 0 bridgehead atoms. The molecule has 212 valence electrons. The smallest absolute Gasteiger partial charge is 0.407 e. The van der Waals surface area contributed by atoms with Gasteiger partial charge in [0.1, 0.15) is 12.2 Å². The average molecular weight is 556 g/mol. The van der Waals surface area contributed by atoms with Gasteiger partial charge in [-0.15, -0.1) is 0 Å². The molecule has 40 heavy (non-hydrogen) atoms. The van der Waals surface area contributed by atoms with Gasteiger partial charge in [0.2, 0.25) is 17.8 Å². The molecule has 1 fully saturated rings. The predicted molar refractivity (Wildman–Crippen MR) is 139 cm³/mol. The van der Waals surface area contributed by atoms with Crippen molar-refractivity contribution in [2.24, 2.45) is 0 Å². The van der Waals surface area contributed by atoms with Crippen LogP contribution < -0.4 is 10.6 Å². The molecule has 0 radical (unpaired) electrons. The minimum Gasteiger partial charge on any atom is -0.453 e. The molecule has 3 atom stereocenters. The van der Waals surface area contributed by atoms with E-state index in [9.17, 15) is 23.2 Å². The fraction of sp³-hybridized carbons (Fsp3) is 0.407. The van der Waals surface area contributed by atoms with Crippen LogP contribution in [0, 0.1) is 5.95 Å². The SMILES string of the molecule is COC(=O)NCc1cccc([C@H](NC(=O)[C@@H]2C[C@@H](F)CN2C(=O)Cc2cn[nH]n2)c2ccc(C(C)C)c(F)n2)c1. The first kappa shape index (κ1) is 28.6. The molecule has 11 nitrogen and oxygen atoms in total. The molecule has 2 aromatic heterocycles. The van der Waals surface area contributed by atoms with Crippen molar-refractivity contribution in [1.29, 1.82) is 0 Å². The zero-order valence-corrected chi connectivity index (χ0v) is 22.4. The Bertz CT molecular complexity index is 1350. The van der Waals surface area contributed by atoms with Crippen molar-refractivity contribution in [3.8, 4) is 0 Å². The van der Waals surface area contributed by atoms with E-state index in [1.807, 2.05) is 13.8 Å². The van der Waals surface area contributed by atoms with Crippen LogP contribution in [0.4, 0.5) is 13.6 Å². The maximum Gasteiger partial charge on any atom is 0.407 e. The Hall–Kier alpha value is -4.42. The number of benzene rings is 1. The lowest BCUT2D eigenvalue weighted by Crippen LogP contribution is -2.47. The number of alkyl carbamates (subject to hydrolysis) is 1. The molecular formula is C27H31F2N7O4. The lowest BCUT2D eigenvalue weighted by molar-refractivity contribution is -0.138. The molecule has 4 rings (SSSR count). The number of aromatic nitrogens is 4. The van der Waals surface area contributed by atoms with E-state index >= 15 is 0 Å². The Balaban J connectivity index is 1.62. The molecule has 1 aromatic carbocycles. The topological polar surface area (TPSA) is 142 Å². The molecule has 0 unspecified atom stereocenters. The van der Waals surface area contributed by atoms with Gasteiger partial charge in [0.15, 0.2) is 0 Å². The molecule has 1 aliphatic rings. The average Bonchev–Trinajstić information content (AvgIpc) is 3.59. The number of nitrogens with one attached hydrogen (secondary N) is 3. The Labute approximate surface area is 229 Å². The summed E-state index contributed by atoms with van der Waals surface area (Å²) in [6, 6.07) is 8.19. The van der Waals surface area contributed by atoms with Gasteiger partial charge in [-0.05, 0) is 23.1 Å². The highest BCUT2D eigenvalue weighted by molar-refractivity contribution is 5.89. The van der Waals surface area contributed by atoms with Gasteiger partial charge in [0.05, 0.1) is 43.7 Å². The predicted octanol–water partition coefficient (Wildman–Crippen LogP) is 2.71. The molecule has 0 aliphatic carbocycles. The van der Waals surface area contributed by atoms with Crippen LogP contribution in [0.2, 0.25) is 0 Å². The number of hydrogen-bond donors (Lipinski definition) is 3. The Morgan fingerprint density at radius 1 is 1.23 bits per heavy atom. The van der Waals surface area contributed by atoms with Gasteiger partial charge in [0.25, 0.3) is 0 Å². The first-order valence-corrected chi connectivity index (χ1v) is 12.8. The number of ether oxygens (including phenoxy) is 1. The van der Waals surface area contributed by atoms with E-state index in [-0.39, 0.29) is 37.5 Å². The molecule has 3 N–H and O–H groups in total. The van der Waals surface area contributed by atoms with E-state index in [0.29, 0.717) is 22.4 Å². The van der Waals surface area contributed by atoms with Crippen LogP contribution in [0.3, 0.4) is 0 Å². The third kappa shape index (κ3) is 6.77. The number of aromatic amines is 1. The third-order valence-electron chi connectivity index (χ3n) is 6.68. The fourth-order valence-electron chi connectivity index (χ4n) is 4.62. The maximum absolute atomic E-state index is 14.9. The number of H-pyrrole nitrogens is 1. The molecular weight excluding hydrogens is 524 g/mol. The van der Waals surface area contributed by atoms with E-state index in [1.165, 1.54) is 18.2 Å². The van der Waals surface area contributed by atoms with Crippen LogP contribution in [-0.2, 0) is 27.3 Å². The summed E-state index contributed by atoms with van der Waals surface area (Å²) < 4.78 is 34.1. The van der Waals surface area contributed by atoms with Crippen molar-refractivity contribution in [3.63, 3.8) is 0 Å². The van der Waals surface area contributed by atoms with Crippen LogP contribution in [0.15, 0.2) is 42.6 Å². The number of carbonyl (C=O) groups is 3. The number of pyridine rings is 1. The van der Waals surface area contributed by atoms with Crippen LogP contribution in [0.5, 0.6) is 0 Å². The number of nitrogens with zero attached hydrogens (tertiary/aromatic N) is 4. The number of halogens is 2. The minimum absolute atomic E-state index is 0.105. The zero-order valence-electron chi connectivity index (χ0n) is 22.4. The minimum atomic E-state index is -1.39. The van der Waals surface area contributed by atoms with Gasteiger partial charge in [-0.1, -0.05) is 44.2 Å². The summed E-state index contributed by atoms with van der Waals surface area (Å²) in [6.07, 6.45) is -0.936. The normalized spacial score (nSPS) is 17.5. The van der Waals surface area contributed by atoms with E-state index in [4.69, 9.17) is 0 Å². The lowest BCUT2D eigenvalue weighted by Gasteiger charge is -2.27. The van der Waals surface area contributed by atoms with Gasteiger partial charge >= 0.3 is 6.09 Å². The Kier molecular flexibility index (Phi) is 9.02. The van der Waals surface area contributed by atoms with Gasteiger partial charge in [0, 0.05) is 18.5 Å². The van der Waals surface area contributed by atoms with Crippen molar-refractivity contribution in [2.45, 2.75) is 57.4 Å². The molecule has 0 spiro atoms. The molecule has 13 heteroatoms. The number of likely N-dealkylation sites (tertiary alicyclic amines) is 1. The monoisotopic (exact) mass is 555 g/mol. The van der Waals surface area contributed by atoms with Crippen LogP contribution in [0.1, 0.15) is 60.3 Å². The van der Waals surface area contributed by atoms with E-state index < -0.39 is 42.1 Å². The maximum atomic E-state index is 14.9. The van der Waals surface area contributed by atoms with Crippen molar-refractivity contribution in [1.82, 2.24) is 35.9 Å². The van der Waals surface area contributed by atoms with E-state index in [2.05, 4.69) is 35.8 Å². The molecule has 1 saturated heterocycles. The first-order chi connectivity index (χ1) is 19.2. The summed E-state index contributed by atoms with van der Waals surface area (Å²) in [5.41, 5.74) is 2.26. The highest BCUT2D eigenvalue weighted by atomic mass is 19.1. The quantitative estimate of drug-likeness (QED) is 0.345. The number of carbonyl (C=O) groups excluding carboxylic acids is 3.